The van der Waals surface area contributed by atoms with Crippen LogP contribution in [0.3, 0.4) is 0 Å². The molecule has 134 valence electrons. The van der Waals surface area contributed by atoms with Crippen LogP contribution in [-0.2, 0) is 14.8 Å². The van der Waals surface area contributed by atoms with E-state index in [0.29, 0.717) is 19.0 Å². The van der Waals surface area contributed by atoms with Crippen molar-refractivity contribution in [1.82, 2.24) is 19.8 Å². The molecule has 0 radical (unpaired) electrons. The van der Waals surface area contributed by atoms with Crippen molar-refractivity contribution in [3.05, 3.63) is 0 Å². The summed E-state index contributed by atoms with van der Waals surface area (Å²) in [5.41, 5.74) is 0. The summed E-state index contributed by atoms with van der Waals surface area (Å²) in [5.74, 6) is 1.52. The third kappa shape index (κ3) is 6.62. The molecule has 9 heteroatoms. The van der Waals surface area contributed by atoms with E-state index in [2.05, 4.69) is 24.8 Å². The highest BCUT2D eigenvalue weighted by atomic mass is 32.2. The Balaban J connectivity index is 1.67. The number of hydrogen-bond acceptors (Lipinski definition) is 5. The number of aliphatic imine (C=N–C) groups is 1. The number of nitrogens with zero attached hydrogens (tertiary/aromatic N) is 3. The largest absolute Gasteiger partial charge is 0.381 e. The Kier molecular flexibility index (Phi) is 7.07. The van der Waals surface area contributed by atoms with Gasteiger partial charge in [0.2, 0.25) is 10.0 Å². The molecule has 2 N–H and O–H groups in total. The van der Waals surface area contributed by atoms with Crippen LogP contribution in [0.4, 0.5) is 0 Å². The van der Waals surface area contributed by atoms with Crippen LogP contribution in [0.25, 0.3) is 0 Å². The minimum Gasteiger partial charge on any atom is -0.381 e. The summed E-state index contributed by atoms with van der Waals surface area (Å²) in [7, 11) is -1.37. The predicted molar refractivity (Wildman–Crippen MR) is 91.1 cm³/mol. The highest BCUT2D eigenvalue weighted by Crippen LogP contribution is 2.15. The Morgan fingerprint density at radius 3 is 2.57 bits per heavy atom. The maximum atomic E-state index is 11.0. The van der Waals surface area contributed by atoms with E-state index in [0.717, 1.165) is 58.2 Å². The Bertz CT molecular complexity index is 483. The lowest BCUT2D eigenvalue weighted by Gasteiger charge is -2.37. The second kappa shape index (κ2) is 8.81. The number of piperazine rings is 1. The highest BCUT2D eigenvalue weighted by molar-refractivity contribution is 7.88. The van der Waals surface area contributed by atoms with Gasteiger partial charge in [-0.3, -0.25) is 9.89 Å². The maximum absolute atomic E-state index is 11.0. The lowest BCUT2D eigenvalue weighted by Crippen LogP contribution is -2.53. The Morgan fingerprint density at radius 2 is 2.00 bits per heavy atom. The molecule has 2 aliphatic heterocycles. The molecule has 2 aliphatic rings. The molecule has 0 saturated carbocycles. The summed E-state index contributed by atoms with van der Waals surface area (Å²) in [6.07, 6.45) is 2.34. The Morgan fingerprint density at radius 1 is 1.26 bits per heavy atom. The van der Waals surface area contributed by atoms with Gasteiger partial charge < -0.3 is 15.0 Å². The Labute approximate surface area is 139 Å². The van der Waals surface area contributed by atoms with Gasteiger partial charge in [0.1, 0.15) is 0 Å². The lowest BCUT2D eigenvalue weighted by molar-refractivity contribution is 0.139. The van der Waals surface area contributed by atoms with E-state index in [-0.39, 0.29) is 0 Å². The lowest BCUT2D eigenvalue weighted by atomic mass is 10.1. The second-order valence-electron chi connectivity index (χ2n) is 6.16. The molecule has 8 nitrogen and oxygen atoms in total. The summed E-state index contributed by atoms with van der Waals surface area (Å²) in [5, 5.41) is 3.21. The van der Waals surface area contributed by atoms with Gasteiger partial charge in [0.05, 0.1) is 12.9 Å². The van der Waals surface area contributed by atoms with Gasteiger partial charge in [0, 0.05) is 59.5 Å². The van der Waals surface area contributed by atoms with Crippen molar-refractivity contribution in [2.24, 2.45) is 10.9 Å². The summed E-state index contributed by atoms with van der Waals surface area (Å²) in [6.45, 7) is 7.74. The SMILES string of the molecule is CN=C(NCCNS(C)(=O)=O)N1CCN(CC2CCOC2)CC1. The molecule has 1 atom stereocenters. The first-order chi connectivity index (χ1) is 11.0. The van der Waals surface area contributed by atoms with Crippen molar-refractivity contribution in [3.8, 4) is 0 Å². The number of guanidine groups is 1. The molecular formula is C14H29N5O3S. The van der Waals surface area contributed by atoms with Crippen LogP contribution in [0.1, 0.15) is 6.42 Å². The zero-order valence-electron chi connectivity index (χ0n) is 14.1. The van der Waals surface area contributed by atoms with Gasteiger partial charge in [0.15, 0.2) is 5.96 Å². The zero-order valence-corrected chi connectivity index (χ0v) is 14.9. The molecule has 23 heavy (non-hydrogen) atoms. The molecular weight excluding hydrogens is 318 g/mol. The van der Waals surface area contributed by atoms with Gasteiger partial charge in [-0.05, 0) is 12.3 Å². The van der Waals surface area contributed by atoms with E-state index in [9.17, 15) is 8.42 Å². The molecule has 0 aromatic heterocycles. The van der Waals surface area contributed by atoms with Crippen molar-refractivity contribution >= 4 is 16.0 Å². The quantitative estimate of drug-likeness (QED) is 0.355. The van der Waals surface area contributed by atoms with Gasteiger partial charge in [-0.2, -0.15) is 0 Å². The van der Waals surface area contributed by atoms with Crippen LogP contribution in [0, 0.1) is 5.92 Å². The van der Waals surface area contributed by atoms with E-state index < -0.39 is 10.0 Å². The van der Waals surface area contributed by atoms with Crippen LogP contribution >= 0.6 is 0 Å². The summed E-state index contributed by atoms with van der Waals surface area (Å²) in [6, 6.07) is 0. The molecule has 0 aromatic carbocycles. The van der Waals surface area contributed by atoms with Crippen molar-refractivity contribution in [2.75, 3.05) is 72.3 Å². The number of nitrogens with one attached hydrogen (secondary N) is 2. The molecule has 1 unspecified atom stereocenters. The van der Waals surface area contributed by atoms with Crippen molar-refractivity contribution in [1.29, 1.82) is 0 Å². The molecule has 0 aromatic rings. The zero-order chi connectivity index (χ0) is 16.7. The van der Waals surface area contributed by atoms with Crippen LogP contribution in [0.5, 0.6) is 0 Å². The fourth-order valence-corrected chi connectivity index (χ4v) is 3.45. The van der Waals surface area contributed by atoms with Gasteiger partial charge in [-0.15, -0.1) is 0 Å². The normalized spacial score (nSPS) is 24.2. The second-order valence-corrected chi connectivity index (χ2v) is 7.99. The first-order valence-electron chi connectivity index (χ1n) is 8.18. The molecule has 2 rings (SSSR count). The van der Waals surface area contributed by atoms with E-state index in [1.807, 2.05) is 0 Å². The average Bonchev–Trinajstić information content (AvgIpc) is 3.00. The van der Waals surface area contributed by atoms with Crippen LogP contribution in [0.15, 0.2) is 4.99 Å². The highest BCUT2D eigenvalue weighted by Gasteiger charge is 2.23. The minimum absolute atomic E-state index is 0.361. The first kappa shape index (κ1) is 18.4. The molecule has 0 aliphatic carbocycles. The van der Waals surface area contributed by atoms with E-state index in [4.69, 9.17) is 4.74 Å². The van der Waals surface area contributed by atoms with Crippen LogP contribution in [-0.4, -0.2) is 96.5 Å². The third-order valence-electron chi connectivity index (χ3n) is 4.20. The Hall–Kier alpha value is -0.900. The van der Waals surface area contributed by atoms with Crippen molar-refractivity contribution < 1.29 is 13.2 Å². The summed E-state index contributed by atoms with van der Waals surface area (Å²) < 4.78 is 30.0. The van der Waals surface area contributed by atoms with Crippen LogP contribution in [0.2, 0.25) is 0 Å². The molecule has 2 fully saturated rings. The first-order valence-corrected chi connectivity index (χ1v) is 10.1. The van der Waals surface area contributed by atoms with Gasteiger partial charge in [-0.1, -0.05) is 0 Å². The van der Waals surface area contributed by atoms with Gasteiger partial charge in [0.25, 0.3) is 0 Å². The third-order valence-corrected chi connectivity index (χ3v) is 4.92. The number of ether oxygens (including phenoxy) is 1. The molecule has 2 saturated heterocycles. The molecule has 0 bridgehead atoms. The van der Waals surface area contributed by atoms with E-state index >= 15 is 0 Å². The van der Waals surface area contributed by atoms with Crippen LogP contribution < -0.4 is 10.0 Å². The van der Waals surface area contributed by atoms with Crippen molar-refractivity contribution in [2.45, 2.75) is 6.42 Å². The monoisotopic (exact) mass is 347 g/mol. The predicted octanol–water partition coefficient (Wildman–Crippen LogP) is -1.23. The minimum atomic E-state index is -3.13. The number of rotatable bonds is 6. The van der Waals surface area contributed by atoms with Crippen molar-refractivity contribution in [3.63, 3.8) is 0 Å². The maximum Gasteiger partial charge on any atom is 0.208 e. The number of sulfonamides is 1. The topological polar surface area (TPSA) is 86.3 Å². The summed E-state index contributed by atoms with van der Waals surface area (Å²) in [4.78, 5) is 9.01. The van der Waals surface area contributed by atoms with E-state index in [1.54, 1.807) is 7.05 Å². The van der Waals surface area contributed by atoms with E-state index in [1.165, 1.54) is 6.42 Å². The smallest absolute Gasteiger partial charge is 0.208 e. The molecule has 0 amide bonds. The summed E-state index contributed by atoms with van der Waals surface area (Å²) >= 11 is 0. The molecule has 0 spiro atoms. The standard InChI is InChI=1S/C14H29N5O3S/c1-15-14(16-4-5-17-23(2,20)21)19-8-6-18(7-9-19)11-13-3-10-22-12-13/h13,17H,3-12H2,1-2H3,(H,15,16). The number of hydrogen-bond donors (Lipinski definition) is 2. The average molecular weight is 347 g/mol. The fraction of sp³-hybridized carbons (Fsp3) is 0.929. The van der Waals surface area contributed by atoms with Gasteiger partial charge in [-0.25, -0.2) is 13.1 Å². The fourth-order valence-electron chi connectivity index (χ4n) is 2.98. The van der Waals surface area contributed by atoms with Gasteiger partial charge >= 0.3 is 0 Å². The molecule has 2 heterocycles.